The third kappa shape index (κ3) is 17.2. The van der Waals surface area contributed by atoms with Crippen molar-refractivity contribution in [2.45, 2.75) is 44.0 Å². The number of fused-ring (bicyclic) bond motifs is 3. The predicted octanol–water partition coefficient (Wildman–Crippen LogP) is 16.8. The summed E-state index contributed by atoms with van der Waals surface area (Å²) >= 11 is 4.04. The topological polar surface area (TPSA) is 241 Å². The Labute approximate surface area is 575 Å². The van der Waals surface area contributed by atoms with Crippen LogP contribution in [0.5, 0.6) is 34.5 Å². The summed E-state index contributed by atoms with van der Waals surface area (Å²) in [7, 11) is 10.7. The van der Waals surface area contributed by atoms with Gasteiger partial charge in [0.2, 0.25) is 0 Å². The standard InChI is InChI=1S/C26H24FNO4S.C25H22FNO4S.C15H13FN2OS.C9H10O4/c1-30-23(13-11-22(29)16-10-12-24(31-2)25(14-16)32-3)21-9-5-8-20(28-21)18-15-33-26-17(18)6-4-7-19(26)27;1-30-23-12-9-15(13-24(23)31-2)21(28)10-11-22(29)20-8-4-7-19(27-20)17-14-32-25-16(17)5-3-6-18(25)26;16-11-4-1-3-9-10(8-20-15(9)11)12-5-2-6-13(18-12)14(19)7-17;1-12-7-4-3-6(9(10)11)5-8(7)13-2/h4-10,12,14-15,23H,11,13H2,1-3H3;3-9,12-14,22,29H,10-11H2,1-2H3;1-6,8,14,19H,7,17H2;3-5H,1-2H3,(H,10,11). The van der Waals surface area contributed by atoms with Gasteiger partial charge in [0.25, 0.3) is 0 Å². The number of hydrogen-bond acceptors (Lipinski definition) is 19. The minimum absolute atomic E-state index is 0.0199. The van der Waals surface area contributed by atoms with Crippen molar-refractivity contribution in [2.75, 3.05) is 56.3 Å². The molecule has 0 radical (unpaired) electrons. The van der Waals surface area contributed by atoms with Crippen LogP contribution in [0, 0.1) is 17.5 Å². The molecule has 12 rings (SSSR count). The number of benzene rings is 6. The number of thiophene rings is 3. The molecule has 98 heavy (non-hydrogen) atoms. The number of hydrogen-bond donors (Lipinski definition) is 4. The molecule has 0 fully saturated rings. The van der Waals surface area contributed by atoms with Crippen molar-refractivity contribution in [3.63, 3.8) is 0 Å². The Morgan fingerprint density at radius 1 is 0.429 bits per heavy atom. The monoisotopic (exact) mass is 1390 g/mol. The van der Waals surface area contributed by atoms with Crippen LogP contribution in [0.25, 0.3) is 64.0 Å². The number of Topliss-reactive ketones (excluding diaryl/α,β-unsaturated/α-hetero) is 2. The van der Waals surface area contributed by atoms with Crippen LogP contribution in [0.1, 0.15) is 92.2 Å². The molecule has 17 nitrogen and oxygen atoms in total. The average Bonchev–Trinajstić information content (AvgIpc) is 1.66. The Morgan fingerprint density at radius 3 is 1.13 bits per heavy atom. The summed E-state index contributed by atoms with van der Waals surface area (Å²) in [5, 5.41) is 37.2. The Balaban J connectivity index is 0.000000161. The molecule has 0 aliphatic rings. The van der Waals surface area contributed by atoms with Crippen molar-refractivity contribution < 1.29 is 76.0 Å². The smallest absolute Gasteiger partial charge is 0.335 e. The van der Waals surface area contributed by atoms with E-state index < -0.39 is 18.2 Å². The summed E-state index contributed by atoms with van der Waals surface area (Å²) in [4.78, 5) is 49.8. The Hall–Kier alpha value is -10.1. The zero-order valence-corrected chi connectivity index (χ0v) is 56.7. The van der Waals surface area contributed by atoms with Gasteiger partial charge in [-0.1, -0.05) is 54.6 Å². The maximum atomic E-state index is 14.1. The van der Waals surface area contributed by atoms with Crippen LogP contribution >= 0.6 is 34.0 Å². The Kier molecular flexibility index (Phi) is 25.2. The molecule has 0 saturated carbocycles. The number of halogens is 3. The van der Waals surface area contributed by atoms with Crippen LogP contribution in [-0.2, 0) is 4.74 Å². The van der Waals surface area contributed by atoms with Crippen LogP contribution in [0.4, 0.5) is 13.2 Å². The van der Waals surface area contributed by atoms with Crippen LogP contribution in [0.2, 0.25) is 0 Å². The highest BCUT2D eigenvalue weighted by atomic mass is 32.1. The van der Waals surface area contributed by atoms with E-state index >= 15 is 0 Å². The summed E-state index contributed by atoms with van der Waals surface area (Å²) in [5.74, 6) is 1.22. The molecule has 0 aliphatic carbocycles. The molecule has 6 aromatic carbocycles. The number of carboxylic acid groups (broad SMARTS) is 1. The number of ketones is 2. The van der Waals surface area contributed by atoms with Gasteiger partial charge < -0.3 is 54.2 Å². The van der Waals surface area contributed by atoms with Gasteiger partial charge in [0.15, 0.2) is 46.1 Å². The van der Waals surface area contributed by atoms with E-state index in [0.717, 1.165) is 44.2 Å². The van der Waals surface area contributed by atoms with Gasteiger partial charge in [0.05, 0.1) is 109 Å². The van der Waals surface area contributed by atoms with E-state index in [1.807, 2.05) is 70.7 Å². The molecule has 3 atom stereocenters. The zero-order valence-electron chi connectivity index (χ0n) is 54.3. The van der Waals surface area contributed by atoms with E-state index in [1.165, 1.54) is 99.9 Å². The van der Waals surface area contributed by atoms with Gasteiger partial charge in [-0.15, -0.1) is 34.0 Å². The maximum absolute atomic E-state index is 14.1. The number of aromatic carboxylic acids is 1. The molecular weight excluding hydrogens is 1320 g/mol. The second-order valence-corrected chi connectivity index (χ2v) is 24.2. The number of carboxylic acids is 1. The molecule has 0 spiro atoms. The van der Waals surface area contributed by atoms with E-state index in [-0.39, 0.29) is 66.5 Å². The number of ether oxygens (including phenoxy) is 7. The summed E-state index contributed by atoms with van der Waals surface area (Å²) in [6.07, 6.45) is -0.906. The molecular formula is C75H69F3N4O13S3. The summed E-state index contributed by atoms with van der Waals surface area (Å²) < 4.78 is 80.2. The molecule has 23 heteroatoms. The third-order valence-electron chi connectivity index (χ3n) is 15.6. The summed E-state index contributed by atoms with van der Waals surface area (Å²) in [6.45, 7) is 0.121. The van der Waals surface area contributed by atoms with E-state index in [9.17, 15) is 37.8 Å². The van der Waals surface area contributed by atoms with E-state index in [4.69, 9.17) is 49.0 Å². The number of methoxy groups -OCH3 is 7. The van der Waals surface area contributed by atoms with Crippen molar-refractivity contribution in [1.82, 2.24) is 15.0 Å². The van der Waals surface area contributed by atoms with Crippen molar-refractivity contribution in [2.24, 2.45) is 5.73 Å². The van der Waals surface area contributed by atoms with Crippen LogP contribution in [0.3, 0.4) is 0 Å². The predicted molar refractivity (Wildman–Crippen MR) is 376 cm³/mol. The van der Waals surface area contributed by atoms with Gasteiger partial charge in [-0.25, -0.2) is 22.9 Å². The highest BCUT2D eigenvalue weighted by Crippen LogP contribution is 2.39. The van der Waals surface area contributed by atoms with Crippen LogP contribution in [0.15, 0.2) is 180 Å². The second-order valence-electron chi connectivity index (χ2n) is 21.6. The molecule has 0 saturated heterocycles. The normalized spacial score (nSPS) is 11.8. The first-order valence-corrected chi connectivity index (χ1v) is 33.0. The fourth-order valence-corrected chi connectivity index (χ4v) is 13.4. The average molecular weight is 1390 g/mol. The van der Waals surface area contributed by atoms with E-state index in [2.05, 4.69) is 9.97 Å². The fraction of sp³-hybridized carbons (Fsp3) is 0.200. The maximum Gasteiger partial charge on any atom is 0.335 e. The van der Waals surface area contributed by atoms with Crippen LogP contribution < -0.4 is 34.2 Å². The van der Waals surface area contributed by atoms with Crippen LogP contribution in [-0.4, -0.2) is 104 Å². The fourth-order valence-electron chi connectivity index (χ4n) is 10.5. The number of pyridine rings is 3. The molecule has 6 heterocycles. The summed E-state index contributed by atoms with van der Waals surface area (Å²) in [6, 6.07) is 46.0. The minimum atomic E-state index is -0.985. The highest BCUT2D eigenvalue weighted by molar-refractivity contribution is 7.18. The van der Waals surface area contributed by atoms with E-state index in [0.29, 0.717) is 88.9 Å². The van der Waals surface area contributed by atoms with Crippen molar-refractivity contribution >= 4 is 81.8 Å². The summed E-state index contributed by atoms with van der Waals surface area (Å²) in [5.41, 5.74) is 13.1. The molecule has 6 aromatic heterocycles. The van der Waals surface area contributed by atoms with Gasteiger partial charge in [-0.2, -0.15) is 0 Å². The quantitative estimate of drug-likeness (QED) is 0.0435. The molecule has 0 amide bonds. The lowest BCUT2D eigenvalue weighted by atomic mass is 10.0. The minimum Gasteiger partial charge on any atom is -0.493 e. The van der Waals surface area contributed by atoms with Gasteiger partial charge in [0, 0.05) is 86.6 Å². The number of carbonyl (C=O) groups is 3. The first-order valence-electron chi connectivity index (χ1n) is 30.4. The second kappa shape index (κ2) is 34.2. The molecule has 0 aliphatic heterocycles. The number of nitrogens with two attached hydrogens (primary N) is 1. The Bertz CT molecular complexity index is 4750. The van der Waals surface area contributed by atoms with E-state index in [1.54, 1.807) is 93.1 Å². The van der Waals surface area contributed by atoms with Crippen molar-refractivity contribution in [3.05, 3.63) is 231 Å². The number of carbonyl (C=O) groups excluding carboxylic acids is 2. The van der Waals surface area contributed by atoms with Gasteiger partial charge in [-0.05, 0) is 122 Å². The largest absolute Gasteiger partial charge is 0.493 e. The van der Waals surface area contributed by atoms with Crippen molar-refractivity contribution in [1.29, 1.82) is 0 Å². The molecule has 5 N–H and O–H groups in total. The van der Waals surface area contributed by atoms with Gasteiger partial charge in [-0.3, -0.25) is 19.6 Å². The van der Waals surface area contributed by atoms with Gasteiger partial charge >= 0.3 is 5.97 Å². The zero-order chi connectivity index (χ0) is 70.0. The number of aliphatic hydroxyl groups is 2. The number of aromatic nitrogens is 3. The molecule has 0 bridgehead atoms. The first kappa shape index (κ1) is 72.2. The molecule has 12 aromatic rings. The lowest BCUT2D eigenvalue weighted by molar-refractivity contribution is 0.0695. The highest BCUT2D eigenvalue weighted by Gasteiger charge is 2.22. The first-order chi connectivity index (χ1) is 47.4. The lowest BCUT2D eigenvalue weighted by Gasteiger charge is -2.16. The third-order valence-corrected chi connectivity index (χ3v) is 18.6. The SMILES string of the molecule is COc1ccc(C(=O)CCC(O)c2cccc(-c3csc4c(F)cccc34)n2)cc1OC.COc1ccc(C(=O)CCC(OC)c2cccc(-c3csc4c(F)cccc34)n2)cc1OC.COc1ccc(C(=O)O)cc1OC.NCC(O)c1cccc(-c2csc3c(F)cccc23)n1. The lowest BCUT2D eigenvalue weighted by Crippen LogP contribution is -2.12. The Morgan fingerprint density at radius 2 is 0.765 bits per heavy atom. The number of nitrogens with zero attached hydrogens (tertiary/aromatic N) is 3. The molecule has 3 unspecified atom stereocenters. The number of rotatable bonds is 23. The van der Waals surface area contributed by atoms with Crippen molar-refractivity contribution in [3.8, 4) is 68.3 Å². The molecule has 506 valence electrons. The van der Waals surface area contributed by atoms with Gasteiger partial charge in [0.1, 0.15) is 23.6 Å². The number of aliphatic hydroxyl groups excluding tert-OH is 2.